The Morgan fingerprint density at radius 3 is 2.62 bits per heavy atom. The first-order valence-electron chi connectivity index (χ1n) is 8.10. The number of carbonyl (C=O) groups is 2. The Bertz CT molecular complexity index is 730. The van der Waals surface area contributed by atoms with Crippen LogP contribution in [0.25, 0.3) is 0 Å². The number of likely N-dealkylation sites (tertiary alicyclic amines) is 1. The Balaban J connectivity index is 1.63. The largest absolute Gasteiger partial charge is 0.355 e. The lowest BCUT2D eigenvalue weighted by atomic mass is 9.99. The zero-order chi connectivity index (χ0) is 16.9. The van der Waals surface area contributed by atoms with E-state index in [2.05, 4.69) is 22.8 Å². The molecule has 3 amide bonds. The number of amides is 3. The molecule has 0 aromatic heterocycles. The fourth-order valence-electron chi connectivity index (χ4n) is 3.03. The van der Waals surface area contributed by atoms with Crippen molar-refractivity contribution in [3.63, 3.8) is 0 Å². The molecule has 2 aromatic rings. The third kappa shape index (κ3) is 3.56. The van der Waals surface area contributed by atoms with E-state index in [1.54, 1.807) is 31.3 Å². The molecule has 24 heavy (non-hydrogen) atoms. The van der Waals surface area contributed by atoms with Crippen molar-refractivity contribution in [2.75, 3.05) is 25.5 Å². The summed E-state index contributed by atoms with van der Waals surface area (Å²) in [4.78, 5) is 26.0. The summed E-state index contributed by atoms with van der Waals surface area (Å²) in [7, 11) is 1.58. The van der Waals surface area contributed by atoms with Gasteiger partial charge < -0.3 is 15.5 Å². The van der Waals surface area contributed by atoms with Crippen molar-refractivity contribution in [1.82, 2.24) is 10.2 Å². The smallest absolute Gasteiger partial charge is 0.321 e. The summed E-state index contributed by atoms with van der Waals surface area (Å²) < 4.78 is 0. The first-order valence-corrected chi connectivity index (χ1v) is 8.10. The molecule has 0 aliphatic carbocycles. The van der Waals surface area contributed by atoms with Gasteiger partial charge in [-0.1, -0.05) is 36.4 Å². The maximum absolute atomic E-state index is 12.5. The van der Waals surface area contributed by atoms with Crippen molar-refractivity contribution >= 4 is 17.6 Å². The van der Waals surface area contributed by atoms with E-state index >= 15 is 0 Å². The average molecular weight is 323 g/mol. The van der Waals surface area contributed by atoms with Gasteiger partial charge in [-0.25, -0.2) is 4.79 Å². The molecule has 2 aromatic carbocycles. The predicted molar refractivity (Wildman–Crippen MR) is 94.2 cm³/mol. The number of hydrogen-bond acceptors (Lipinski definition) is 2. The maximum Gasteiger partial charge on any atom is 0.321 e. The molecule has 0 spiro atoms. The van der Waals surface area contributed by atoms with Crippen LogP contribution >= 0.6 is 0 Å². The fourth-order valence-corrected chi connectivity index (χ4v) is 3.03. The van der Waals surface area contributed by atoms with E-state index in [1.165, 1.54) is 5.56 Å². The quantitative estimate of drug-likeness (QED) is 0.912. The molecule has 3 rings (SSSR count). The second kappa shape index (κ2) is 7.17. The van der Waals surface area contributed by atoms with Crippen LogP contribution in [0.1, 0.15) is 28.3 Å². The first kappa shape index (κ1) is 16.1. The van der Waals surface area contributed by atoms with Gasteiger partial charge >= 0.3 is 6.03 Å². The Kier molecular flexibility index (Phi) is 4.79. The van der Waals surface area contributed by atoms with Crippen molar-refractivity contribution in [3.8, 4) is 0 Å². The zero-order valence-electron chi connectivity index (χ0n) is 13.7. The molecule has 1 heterocycles. The molecule has 2 N–H and O–H groups in total. The number of hydrogen-bond donors (Lipinski definition) is 2. The Morgan fingerprint density at radius 1 is 1.08 bits per heavy atom. The lowest BCUT2D eigenvalue weighted by Gasteiger charge is -2.18. The number of nitrogens with one attached hydrogen (secondary N) is 2. The van der Waals surface area contributed by atoms with E-state index < -0.39 is 0 Å². The van der Waals surface area contributed by atoms with Crippen LogP contribution in [0.15, 0.2) is 54.6 Å². The van der Waals surface area contributed by atoms with Crippen LogP contribution in [0.2, 0.25) is 0 Å². The SMILES string of the molecule is CNC(=O)c1cccc(NC(=O)N2CC[C@@H](c3ccccc3)C2)c1. The summed E-state index contributed by atoms with van der Waals surface area (Å²) in [5.41, 5.74) is 2.43. The van der Waals surface area contributed by atoms with Crippen LogP contribution in [0.3, 0.4) is 0 Å². The molecular weight excluding hydrogens is 302 g/mol. The van der Waals surface area contributed by atoms with Gasteiger partial charge in [0.15, 0.2) is 0 Å². The van der Waals surface area contributed by atoms with Gasteiger partial charge in [0.25, 0.3) is 5.91 Å². The van der Waals surface area contributed by atoms with Gasteiger partial charge in [-0.05, 0) is 30.2 Å². The molecule has 1 aliphatic heterocycles. The molecular formula is C19H21N3O2. The van der Waals surface area contributed by atoms with Gasteiger partial charge in [0.2, 0.25) is 0 Å². The summed E-state index contributed by atoms with van der Waals surface area (Å²) in [6, 6.07) is 17.1. The van der Waals surface area contributed by atoms with Gasteiger partial charge in [0.05, 0.1) is 0 Å². The zero-order valence-corrected chi connectivity index (χ0v) is 13.7. The molecule has 1 fully saturated rings. The fraction of sp³-hybridized carbons (Fsp3) is 0.263. The summed E-state index contributed by atoms with van der Waals surface area (Å²) in [6.07, 6.45) is 0.968. The number of rotatable bonds is 3. The minimum Gasteiger partial charge on any atom is -0.355 e. The molecule has 1 atom stereocenters. The van der Waals surface area contributed by atoms with E-state index in [0.717, 1.165) is 13.0 Å². The van der Waals surface area contributed by atoms with Crippen LogP contribution in [0.5, 0.6) is 0 Å². The molecule has 1 saturated heterocycles. The normalized spacial score (nSPS) is 16.7. The van der Waals surface area contributed by atoms with E-state index in [-0.39, 0.29) is 11.9 Å². The third-order valence-electron chi connectivity index (χ3n) is 4.35. The predicted octanol–water partition coefficient (Wildman–Crippen LogP) is 3.07. The molecule has 0 saturated carbocycles. The van der Waals surface area contributed by atoms with Crippen molar-refractivity contribution in [2.45, 2.75) is 12.3 Å². The third-order valence-corrected chi connectivity index (χ3v) is 4.35. The monoisotopic (exact) mass is 323 g/mol. The first-order chi connectivity index (χ1) is 11.7. The Morgan fingerprint density at radius 2 is 1.88 bits per heavy atom. The van der Waals surface area contributed by atoms with Gasteiger partial charge in [0, 0.05) is 37.3 Å². The molecule has 0 bridgehead atoms. The van der Waals surface area contributed by atoms with Gasteiger partial charge in [-0.3, -0.25) is 4.79 Å². The van der Waals surface area contributed by atoms with Gasteiger partial charge in [-0.2, -0.15) is 0 Å². The standard InChI is InChI=1S/C19H21N3O2/c1-20-18(23)15-8-5-9-17(12-15)21-19(24)22-11-10-16(13-22)14-6-3-2-4-7-14/h2-9,12,16H,10-11,13H2,1H3,(H,20,23)(H,21,24)/t16-/m1/s1. The number of benzene rings is 2. The highest BCUT2D eigenvalue weighted by molar-refractivity contribution is 5.96. The average Bonchev–Trinajstić information content (AvgIpc) is 3.12. The van der Waals surface area contributed by atoms with E-state index in [1.807, 2.05) is 23.1 Å². The van der Waals surface area contributed by atoms with Crippen molar-refractivity contribution in [2.24, 2.45) is 0 Å². The summed E-state index contributed by atoms with van der Waals surface area (Å²) >= 11 is 0. The second-order valence-corrected chi connectivity index (χ2v) is 5.93. The molecule has 0 radical (unpaired) electrons. The Labute approximate surface area is 141 Å². The highest BCUT2D eigenvalue weighted by Gasteiger charge is 2.27. The van der Waals surface area contributed by atoms with Gasteiger partial charge in [0.1, 0.15) is 0 Å². The van der Waals surface area contributed by atoms with E-state index in [4.69, 9.17) is 0 Å². The molecule has 1 aliphatic rings. The molecule has 5 nitrogen and oxygen atoms in total. The number of nitrogens with zero attached hydrogens (tertiary/aromatic N) is 1. The second-order valence-electron chi connectivity index (χ2n) is 5.93. The topological polar surface area (TPSA) is 61.4 Å². The van der Waals surface area contributed by atoms with E-state index in [0.29, 0.717) is 23.7 Å². The lowest BCUT2D eigenvalue weighted by Crippen LogP contribution is -2.32. The minimum atomic E-state index is -0.170. The van der Waals surface area contributed by atoms with Crippen LogP contribution in [-0.2, 0) is 0 Å². The molecule has 124 valence electrons. The highest BCUT2D eigenvalue weighted by Crippen LogP contribution is 2.27. The minimum absolute atomic E-state index is 0.123. The van der Waals surface area contributed by atoms with Crippen LogP contribution in [-0.4, -0.2) is 37.0 Å². The number of carbonyl (C=O) groups excluding carboxylic acids is 2. The maximum atomic E-state index is 12.5. The van der Waals surface area contributed by atoms with Crippen LogP contribution < -0.4 is 10.6 Å². The van der Waals surface area contributed by atoms with E-state index in [9.17, 15) is 9.59 Å². The summed E-state index contributed by atoms with van der Waals surface area (Å²) in [5, 5.41) is 5.46. The number of anilines is 1. The van der Waals surface area contributed by atoms with Gasteiger partial charge in [-0.15, -0.1) is 0 Å². The van der Waals surface area contributed by atoms with Crippen LogP contribution in [0.4, 0.5) is 10.5 Å². The lowest BCUT2D eigenvalue weighted by molar-refractivity contribution is 0.0963. The summed E-state index contributed by atoms with van der Waals surface area (Å²) in [6.45, 7) is 1.45. The van der Waals surface area contributed by atoms with Crippen molar-refractivity contribution in [1.29, 1.82) is 0 Å². The summed E-state index contributed by atoms with van der Waals surface area (Å²) in [5.74, 6) is 0.213. The van der Waals surface area contributed by atoms with Crippen LogP contribution in [0, 0.1) is 0 Å². The Hall–Kier alpha value is -2.82. The number of urea groups is 1. The van der Waals surface area contributed by atoms with Crippen molar-refractivity contribution in [3.05, 3.63) is 65.7 Å². The van der Waals surface area contributed by atoms with Crippen molar-refractivity contribution < 1.29 is 9.59 Å². The molecule has 5 heteroatoms. The molecule has 0 unspecified atom stereocenters. The highest BCUT2D eigenvalue weighted by atomic mass is 16.2.